The van der Waals surface area contributed by atoms with Crippen molar-refractivity contribution >= 4 is 35.7 Å². The van der Waals surface area contributed by atoms with Crippen molar-refractivity contribution in [1.82, 2.24) is 10.6 Å². The Kier molecular flexibility index (Phi) is 7.14. The molecule has 0 fully saturated rings. The van der Waals surface area contributed by atoms with Crippen LogP contribution in [0.1, 0.15) is 18.9 Å². The molecule has 0 atom stereocenters. The molecule has 1 aromatic carbocycles. The molecule has 1 heterocycles. The van der Waals surface area contributed by atoms with Gasteiger partial charge in [-0.25, -0.2) is 4.79 Å². The summed E-state index contributed by atoms with van der Waals surface area (Å²) in [7, 11) is 1.81. The minimum Gasteiger partial charge on any atom is -0.338 e. The Morgan fingerprint density at radius 2 is 2.09 bits per heavy atom. The molecule has 1 aliphatic heterocycles. The first-order valence-electron chi connectivity index (χ1n) is 7.28. The second-order valence-corrected chi connectivity index (χ2v) is 4.98. The van der Waals surface area contributed by atoms with Gasteiger partial charge in [0.1, 0.15) is 0 Å². The Morgan fingerprint density at radius 3 is 2.77 bits per heavy atom. The highest BCUT2D eigenvalue weighted by atomic mass is 35.5. The van der Waals surface area contributed by atoms with E-state index < -0.39 is 0 Å². The summed E-state index contributed by atoms with van der Waals surface area (Å²) < 4.78 is 0. The predicted molar refractivity (Wildman–Crippen MR) is 91.0 cm³/mol. The minimum atomic E-state index is -0.0880. The number of nitrogens with zero attached hydrogens (tertiary/aromatic N) is 1. The van der Waals surface area contributed by atoms with Gasteiger partial charge in [0, 0.05) is 31.7 Å². The van der Waals surface area contributed by atoms with Crippen LogP contribution in [0.5, 0.6) is 0 Å². The number of hydrogen-bond donors (Lipinski definition) is 3. The van der Waals surface area contributed by atoms with Crippen LogP contribution in [0.3, 0.4) is 0 Å². The lowest BCUT2D eigenvalue weighted by Crippen LogP contribution is -2.38. The molecule has 0 aromatic heterocycles. The van der Waals surface area contributed by atoms with Crippen LogP contribution in [-0.2, 0) is 11.2 Å². The third-order valence-electron chi connectivity index (χ3n) is 3.44. The van der Waals surface area contributed by atoms with Gasteiger partial charge in [-0.1, -0.05) is 6.07 Å². The lowest BCUT2D eigenvalue weighted by molar-refractivity contribution is -0.116. The van der Waals surface area contributed by atoms with E-state index in [1.807, 2.05) is 32.2 Å². The van der Waals surface area contributed by atoms with Gasteiger partial charge < -0.3 is 16.0 Å². The molecule has 22 heavy (non-hydrogen) atoms. The van der Waals surface area contributed by atoms with Crippen molar-refractivity contribution in [2.75, 3.05) is 36.9 Å². The minimum absolute atomic E-state index is 0. The zero-order chi connectivity index (χ0) is 15.2. The Bertz CT molecular complexity index is 536. The summed E-state index contributed by atoms with van der Waals surface area (Å²) in [4.78, 5) is 25.5. The molecule has 0 saturated heterocycles. The SMILES string of the molecule is CCNC(=O)N1CCc2ccc(NC(=O)CCNC)cc21.Cl. The predicted octanol–water partition coefficient (Wildman–Crippen LogP) is 1.75. The van der Waals surface area contributed by atoms with Gasteiger partial charge in [0.2, 0.25) is 5.91 Å². The van der Waals surface area contributed by atoms with Crippen LogP contribution in [0.15, 0.2) is 18.2 Å². The maximum Gasteiger partial charge on any atom is 0.321 e. The summed E-state index contributed by atoms with van der Waals surface area (Å²) in [6.07, 6.45) is 1.27. The average Bonchev–Trinajstić information content (AvgIpc) is 2.88. The van der Waals surface area contributed by atoms with Gasteiger partial charge in [-0.2, -0.15) is 0 Å². The fourth-order valence-corrected chi connectivity index (χ4v) is 2.38. The summed E-state index contributed by atoms with van der Waals surface area (Å²) in [5, 5.41) is 8.61. The van der Waals surface area contributed by atoms with Gasteiger partial charge in [0.05, 0.1) is 5.69 Å². The number of hydrogen-bond acceptors (Lipinski definition) is 3. The molecule has 0 spiro atoms. The first-order chi connectivity index (χ1) is 10.2. The Morgan fingerprint density at radius 1 is 1.32 bits per heavy atom. The average molecular weight is 327 g/mol. The van der Waals surface area contributed by atoms with Gasteiger partial charge in [-0.15, -0.1) is 12.4 Å². The Balaban J connectivity index is 0.00000242. The number of halogens is 1. The third-order valence-corrected chi connectivity index (χ3v) is 3.44. The van der Waals surface area contributed by atoms with E-state index in [1.165, 1.54) is 0 Å². The molecule has 1 aliphatic rings. The molecule has 0 aliphatic carbocycles. The van der Waals surface area contributed by atoms with Crippen molar-refractivity contribution in [3.63, 3.8) is 0 Å². The molecule has 7 heteroatoms. The molecule has 2 rings (SSSR count). The van der Waals surface area contributed by atoms with Crippen LogP contribution in [-0.4, -0.2) is 38.6 Å². The molecule has 6 nitrogen and oxygen atoms in total. The molecular weight excluding hydrogens is 304 g/mol. The maximum atomic E-state index is 12.0. The monoisotopic (exact) mass is 326 g/mol. The highest BCUT2D eigenvalue weighted by Crippen LogP contribution is 2.30. The van der Waals surface area contributed by atoms with E-state index in [9.17, 15) is 9.59 Å². The number of rotatable bonds is 5. The van der Waals surface area contributed by atoms with Crippen LogP contribution in [0.2, 0.25) is 0 Å². The van der Waals surface area contributed by atoms with Crippen molar-refractivity contribution in [2.45, 2.75) is 19.8 Å². The molecule has 1 aromatic rings. The highest BCUT2D eigenvalue weighted by molar-refractivity contribution is 5.96. The van der Waals surface area contributed by atoms with E-state index in [4.69, 9.17) is 0 Å². The number of carbonyl (C=O) groups is 2. The van der Waals surface area contributed by atoms with Crippen molar-refractivity contribution in [1.29, 1.82) is 0 Å². The molecule has 3 N–H and O–H groups in total. The van der Waals surface area contributed by atoms with E-state index in [1.54, 1.807) is 4.90 Å². The lowest BCUT2D eigenvalue weighted by atomic mass is 10.1. The quantitative estimate of drug-likeness (QED) is 0.772. The number of benzene rings is 1. The number of anilines is 2. The molecule has 3 amide bonds. The van der Waals surface area contributed by atoms with Crippen LogP contribution < -0.4 is 20.9 Å². The zero-order valence-corrected chi connectivity index (χ0v) is 13.8. The van der Waals surface area contributed by atoms with Crippen molar-refractivity contribution in [3.8, 4) is 0 Å². The summed E-state index contributed by atoms with van der Waals surface area (Å²) in [5.41, 5.74) is 2.74. The number of amides is 3. The fraction of sp³-hybridized carbons (Fsp3) is 0.467. The number of nitrogens with one attached hydrogen (secondary N) is 3. The molecule has 0 saturated carbocycles. The first-order valence-corrected chi connectivity index (χ1v) is 7.28. The molecule has 0 bridgehead atoms. The summed E-state index contributed by atoms with van der Waals surface area (Å²) in [5.74, 6) is -0.0353. The van der Waals surface area contributed by atoms with Crippen molar-refractivity contribution in [2.24, 2.45) is 0 Å². The van der Waals surface area contributed by atoms with E-state index in [2.05, 4.69) is 16.0 Å². The maximum absolute atomic E-state index is 12.0. The summed E-state index contributed by atoms with van der Waals surface area (Å²) in [6, 6.07) is 5.64. The van der Waals surface area contributed by atoms with Crippen molar-refractivity contribution < 1.29 is 9.59 Å². The zero-order valence-electron chi connectivity index (χ0n) is 12.9. The van der Waals surface area contributed by atoms with Crippen LogP contribution in [0.4, 0.5) is 16.2 Å². The molecular formula is C15H23ClN4O2. The van der Waals surface area contributed by atoms with E-state index in [-0.39, 0.29) is 24.3 Å². The smallest absolute Gasteiger partial charge is 0.321 e. The van der Waals surface area contributed by atoms with Gasteiger partial charge in [-0.3, -0.25) is 9.69 Å². The molecule has 0 unspecified atom stereocenters. The van der Waals surface area contributed by atoms with E-state index in [0.717, 1.165) is 23.4 Å². The van der Waals surface area contributed by atoms with Crippen LogP contribution >= 0.6 is 12.4 Å². The third kappa shape index (κ3) is 4.35. The second kappa shape index (κ2) is 8.60. The Labute approximate surface area is 137 Å². The second-order valence-electron chi connectivity index (χ2n) is 4.98. The van der Waals surface area contributed by atoms with E-state index >= 15 is 0 Å². The topological polar surface area (TPSA) is 73.5 Å². The first kappa shape index (κ1) is 18.3. The molecule has 0 radical (unpaired) electrons. The molecule has 122 valence electrons. The number of fused-ring (bicyclic) bond motifs is 1. The summed E-state index contributed by atoms with van der Waals surface area (Å²) in [6.45, 7) is 3.82. The van der Waals surface area contributed by atoms with Crippen molar-refractivity contribution in [3.05, 3.63) is 23.8 Å². The normalized spacial score (nSPS) is 12.4. The fourth-order valence-electron chi connectivity index (χ4n) is 2.38. The van der Waals surface area contributed by atoms with Gasteiger partial charge in [-0.05, 0) is 38.1 Å². The number of urea groups is 1. The number of carbonyl (C=O) groups excluding carboxylic acids is 2. The van der Waals surface area contributed by atoms with E-state index in [0.29, 0.717) is 26.1 Å². The standard InChI is InChI=1S/C15H22N4O2.ClH/c1-3-17-15(21)19-9-7-11-4-5-12(10-13(11)19)18-14(20)6-8-16-2;/h4-5,10,16H,3,6-9H2,1-2H3,(H,17,21)(H,18,20);1H. The van der Waals surface area contributed by atoms with Gasteiger partial charge in [0.25, 0.3) is 0 Å². The summed E-state index contributed by atoms with van der Waals surface area (Å²) >= 11 is 0. The highest BCUT2D eigenvalue weighted by Gasteiger charge is 2.24. The van der Waals surface area contributed by atoms with Crippen LogP contribution in [0.25, 0.3) is 0 Å². The Hall–Kier alpha value is -1.79. The van der Waals surface area contributed by atoms with Crippen LogP contribution in [0, 0.1) is 0 Å². The lowest BCUT2D eigenvalue weighted by Gasteiger charge is -2.18. The largest absolute Gasteiger partial charge is 0.338 e. The van der Waals surface area contributed by atoms with Gasteiger partial charge in [0.15, 0.2) is 0 Å². The van der Waals surface area contributed by atoms with Gasteiger partial charge >= 0.3 is 6.03 Å².